The summed E-state index contributed by atoms with van der Waals surface area (Å²) in [5, 5.41) is 16.0. The summed E-state index contributed by atoms with van der Waals surface area (Å²) in [4.78, 5) is 14.6. The molecule has 2 aliphatic rings. The lowest BCUT2D eigenvalue weighted by Crippen LogP contribution is -2.42. The first kappa shape index (κ1) is 23.0. The lowest BCUT2D eigenvalue weighted by atomic mass is 9.94. The van der Waals surface area contributed by atoms with Gasteiger partial charge in [-0.1, -0.05) is 12.1 Å². The molecule has 0 aromatic heterocycles. The first-order valence-electron chi connectivity index (χ1n) is 9.19. The highest BCUT2D eigenvalue weighted by atomic mass is 35.5. The number of rotatable bonds is 5. The topological polar surface area (TPSA) is 64.6 Å². The maximum Gasteiger partial charge on any atom is 0.223 e. The number of hydrogen-bond acceptors (Lipinski definition) is 4. The predicted molar refractivity (Wildman–Crippen MR) is 109 cm³/mol. The van der Waals surface area contributed by atoms with Gasteiger partial charge in [-0.3, -0.25) is 9.69 Å². The fourth-order valence-corrected chi connectivity index (χ4v) is 3.74. The van der Waals surface area contributed by atoms with Crippen LogP contribution >= 0.6 is 24.8 Å². The van der Waals surface area contributed by atoms with E-state index in [-0.39, 0.29) is 36.6 Å². The molecule has 0 spiro atoms. The number of likely N-dealkylation sites (tertiary alicyclic amines) is 1. The Morgan fingerprint density at radius 3 is 2.50 bits per heavy atom. The molecule has 1 aromatic carbocycles. The van der Waals surface area contributed by atoms with Crippen molar-refractivity contribution in [1.82, 2.24) is 15.5 Å². The van der Waals surface area contributed by atoms with Gasteiger partial charge in [0.25, 0.3) is 0 Å². The van der Waals surface area contributed by atoms with Gasteiger partial charge in [-0.15, -0.1) is 24.8 Å². The van der Waals surface area contributed by atoms with Gasteiger partial charge < -0.3 is 15.7 Å². The van der Waals surface area contributed by atoms with Crippen LogP contribution in [-0.2, 0) is 11.3 Å². The summed E-state index contributed by atoms with van der Waals surface area (Å²) in [5.74, 6) is 1.38. The zero-order valence-corrected chi connectivity index (χ0v) is 16.8. The number of carbonyl (C=O) groups is 1. The summed E-state index contributed by atoms with van der Waals surface area (Å²) >= 11 is 0. The maximum atomic E-state index is 12.2. The summed E-state index contributed by atoms with van der Waals surface area (Å²) in [6, 6.07) is 7.50. The summed E-state index contributed by atoms with van der Waals surface area (Å²) in [7, 11) is 0. The minimum absolute atomic E-state index is 0. The van der Waals surface area contributed by atoms with Crippen molar-refractivity contribution in [3.05, 3.63) is 29.8 Å². The standard InChI is InChI=1S/C19H29N3O2.2ClH/c23-18-3-1-2-16(12-18)14-22-10-6-15(7-11-22)13-21-19(24)17-4-8-20-9-5-17;;/h1-3,12,15,17,20,23H,4-11,13-14H2,(H,21,24);2*1H. The zero-order chi connectivity index (χ0) is 16.8. The number of piperidine rings is 2. The lowest BCUT2D eigenvalue weighted by molar-refractivity contribution is -0.126. The Morgan fingerprint density at radius 1 is 1.15 bits per heavy atom. The van der Waals surface area contributed by atoms with E-state index < -0.39 is 0 Å². The summed E-state index contributed by atoms with van der Waals surface area (Å²) in [5.41, 5.74) is 1.16. The third-order valence-electron chi connectivity index (χ3n) is 5.30. The normalized spacial score (nSPS) is 19.2. The Labute approximate surface area is 168 Å². The van der Waals surface area contributed by atoms with E-state index in [1.165, 1.54) is 0 Å². The number of nitrogens with zero attached hydrogens (tertiary/aromatic N) is 1. The Kier molecular flexibility index (Phi) is 10.3. The van der Waals surface area contributed by atoms with Crippen LogP contribution in [0, 0.1) is 11.8 Å². The summed E-state index contributed by atoms with van der Waals surface area (Å²) in [6.07, 6.45) is 4.19. The molecule has 1 amide bonds. The Balaban J connectivity index is 0.00000169. The molecule has 148 valence electrons. The molecule has 5 nitrogen and oxygen atoms in total. The quantitative estimate of drug-likeness (QED) is 0.706. The number of hydrogen-bond donors (Lipinski definition) is 3. The number of amides is 1. The van der Waals surface area contributed by atoms with E-state index in [1.807, 2.05) is 12.1 Å². The monoisotopic (exact) mass is 403 g/mol. The molecule has 2 heterocycles. The van der Waals surface area contributed by atoms with Crippen molar-refractivity contribution >= 4 is 30.7 Å². The molecule has 7 heteroatoms. The van der Waals surface area contributed by atoms with Gasteiger partial charge in [0.1, 0.15) is 5.75 Å². The van der Waals surface area contributed by atoms with Crippen LogP contribution in [0.5, 0.6) is 5.75 Å². The molecule has 26 heavy (non-hydrogen) atoms. The van der Waals surface area contributed by atoms with Gasteiger partial charge in [0, 0.05) is 19.0 Å². The molecule has 0 atom stereocenters. The molecule has 2 aliphatic heterocycles. The summed E-state index contributed by atoms with van der Waals surface area (Å²) < 4.78 is 0. The smallest absolute Gasteiger partial charge is 0.223 e. The predicted octanol–water partition coefficient (Wildman–Crippen LogP) is 2.56. The molecule has 0 unspecified atom stereocenters. The van der Waals surface area contributed by atoms with E-state index >= 15 is 0 Å². The van der Waals surface area contributed by atoms with Gasteiger partial charge in [-0.2, -0.15) is 0 Å². The second-order valence-electron chi connectivity index (χ2n) is 7.16. The molecule has 3 rings (SSSR count). The zero-order valence-electron chi connectivity index (χ0n) is 15.2. The first-order chi connectivity index (χ1) is 11.7. The van der Waals surface area contributed by atoms with Crippen molar-refractivity contribution in [2.75, 3.05) is 32.7 Å². The van der Waals surface area contributed by atoms with E-state index in [4.69, 9.17) is 0 Å². The average molecular weight is 404 g/mol. The number of halogens is 2. The number of phenols is 1. The molecular formula is C19H31Cl2N3O2. The van der Waals surface area contributed by atoms with Gasteiger partial charge in [0.15, 0.2) is 0 Å². The Hall–Kier alpha value is -1.01. The molecular weight excluding hydrogens is 373 g/mol. The van der Waals surface area contributed by atoms with Crippen LogP contribution in [-0.4, -0.2) is 48.6 Å². The highest BCUT2D eigenvalue weighted by Gasteiger charge is 2.23. The molecule has 2 fully saturated rings. The highest BCUT2D eigenvalue weighted by molar-refractivity contribution is 5.85. The van der Waals surface area contributed by atoms with E-state index in [0.29, 0.717) is 11.7 Å². The molecule has 2 saturated heterocycles. The van der Waals surface area contributed by atoms with Crippen molar-refractivity contribution in [3.8, 4) is 5.75 Å². The fraction of sp³-hybridized carbons (Fsp3) is 0.632. The largest absolute Gasteiger partial charge is 0.508 e. The van der Waals surface area contributed by atoms with Crippen molar-refractivity contribution < 1.29 is 9.90 Å². The van der Waals surface area contributed by atoms with Crippen LogP contribution < -0.4 is 10.6 Å². The Morgan fingerprint density at radius 2 is 1.85 bits per heavy atom. The molecule has 1 aromatic rings. The van der Waals surface area contributed by atoms with Gasteiger partial charge in [-0.05, 0) is 75.5 Å². The van der Waals surface area contributed by atoms with Gasteiger partial charge >= 0.3 is 0 Å². The molecule has 0 saturated carbocycles. The van der Waals surface area contributed by atoms with E-state index in [1.54, 1.807) is 6.07 Å². The van der Waals surface area contributed by atoms with Crippen molar-refractivity contribution in [2.45, 2.75) is 32.2 Å². The second kappa shape index (κ2) is 11.7. The minimum Gasteiger partial charge on any atom is -0.508 e. The summed E-state index contributed by atoms with van der Waals surface area (Å²) in [6.45, 7) is 5.76. The van der Waals surface area contributed by atoms with Gasteiger partial charge in [0.2, 0.25) is 5.91 Å². The third kappa shape index (κ3) is 6.95. The minimum atomic E-state index is 0. The van der Waals surface area contributed by atoms with Crippen molar-refractivity contribution in [1.29, 1.82) is 0 Å². The van der Waals surface area contributed by atoms with Crippen LogP contribution in [0.3, 0.4) is 0 Å². The number of nitrogens with one attached hydrogen (secondary N) is 2. The van der Waals surface area contributed by atoms with Crippen molar-refractivity contribution in [2.24, 2.45) is 11.8 Å². The number of carbonyl (C=O) groups excluding carboxylic acids is 1. The van der Waals surface area contributed by atoms with Crippen LogP contribution in [0.2, 0.25) is 0 Å². The van der Waals surface area contributed by atoms with E-state index in [9.17, 15) is 9.90 Å². The van der Waals surface area contributed by atoms with Crippen LogP contribution in [0.1, 0.15) is 31.2 Å². The van der Waals surface area contributed by atoms with Crippen LogP contribution in [0.25, 0.3) is 0 Å². The second-order valence-corrected chi connectivity index (χ2v) is 7.16. The fourth-order valence-electron chi connectivity index (χ4n) is 3.74. The first-order valence-corrected chi connectivity index (χ1v) is 9.19. The third-order valence-corrected chi connectivity index (χ3v) is 5.30. The van der Waals surface area contributed by atoms with Gasteiger partial charge in [-0.25, -0.2) is 0 Å². The van der Waals surface area contributed by atoms with E-state index in [2.05, 4.69) is 21.6 Å². The SMILES string of the molecule is Cl.Cl.O=C(NCC1CCN(Cc2cccc(O)c2)CC1)C1CCNCC1. The number of benzene rings is 1. The Bertz CT molecular complexity index is 545. The van der Waals surface area contributed by atoms with Crippen LogP contribution in [0.4, 0.5) is 0 Å². The highest BCUT2D eigenvalue weighted by Crippen LogP contribution is 2.20. The van der Waals surface area contributed by atoms with Gasteiger partial charge in [0.05, 0.1) is 0 Å². The molecule has 0 radical (unpaired) electrons. The average Bonchev–Trinajstić information content (AvgIpc) is 2.62. The van der Waals surface area contributed by atoms with Crippen LogP contribution in [0.15, 0.2) is 24.3 Å². The van der Waals surface area contributed by atoms with E-state index in [0.717, 1.165) is 70.5 Å². The molecule has 0 bridgehead atoms. The molecule has 0 aliphatic carbocycles. The maximum absolute atomic E-state index is 12.2. The number of aromatic hydroxyl groups is 1. The number of phenolic OH excluding ortho intramolecular Hbond substituents is 1. The molecule has 3 N–H and O–H groups in total. The van der Waals surface area contributed by atoms with Crippen molar-refractivity contribution in [3.63, 3.8) is 0 Å². The lowest BCUT2D eigenvalue weighted by Gasteiger charge is -2.32.